The monoisotopic (exact) mass is 386 g/mol. The number of thiophene rings is 1. The Balaban J connectivity index is 1.81. The Morgan fingerprint density at radius 3 is 2.81 bits per heavy atom. The number of hydrogen-bond donors (Lipinski definition) is 2. The van der Waals surface area contributed by atoms with Gasteiger partial charge in [-0.3, -0.25) is 20.3 Å². The van der Waals surface area contributed by atoms with E-state index in [0.717, 1.165) is 16.0 Å². The molecule has 27 heavy (non-hydrogen) atoms. The van der Waals surface area contributed by atoms with Gasteiger partial charge in [-0.1, -0.05) is 13.0 Å². The summed E-state index contributed by atoms with van der Waals surface area (Å²) in [4.78, 5) is 42.5. The summed E-state index contributed by atoms with van der Waals surface area (Å²) in [6, 6.07) is 8.10. The molecule has 1 aromatic carbocycles. The standard InChI is InChI=1S/C18H18N4O4S/c1-3-13-9-14-16(27-13)19-10-22(17(14)24)21-15(23)11-6-5-7-12(8-11)20-18(25)26-4-2/h5-10H,3-4H2,1-2H3,(H,20,25)(H,21,23). The first-order valence-corrected chi connectivity index (χ1v) is 9.18. The first-order valence-electron chi connectivity index (χ1n) is 8.37. The summed E-state index contributed by atoms with van der Waals surface area (Å²) < 4.78 is 5.86. The van der Waals surface area contributed by atoms with Gasteiger partial charge in [0.15, 0.2) is 0 Å². The van der Waals surface area contributed by atoms with Crippen LogP contribution in [0.15, 0.2) is 41.5 Å². The van der Waals surface area contributed by atoms with Gasteiger partial charge in [-0.15, -0.1) is 11.3 Å². The second-order valence-corrected chi connectivity index (χ2v) is 6.69. The summed E-state index contributed by atoms with van der Waals surface area (Å²) in [5, 5.41) is 3.00. The minimum atomic E-state index is -0.606. The van der Waals surface area contributed by atoms with Gasteiger partial charge < -0.3 is 4.74 Å². The largest absolute Gasteiger partial charge is 0.450 e. The van der Waals surface area contributed by atoms with Crippen molar-refractivity contribution in [2.75, 3.05) is 17.3 Å². The first-order chi connectivity index (χ1) is 13.0. The Labute approximate surface area is 158 Å². The molecule has 2 N–H and O–H groups in total. The number of nitrogens with zero attached hydrogens (tertiary/aromatic N) is 2. The highest BCUT2D eigenvalue weighted by Crippen LogP contribution is 2.20. The third-order valence-corrected chi connectivity index (χ3v) is 4.91. The van der Waals surface area contributed by atoms with Gasteiger partial charge in [0.05, 0.1) is 12.0 Å². The van der Waals surface area contributed by atoms with Crippen LogP contribution < -0.4 is 16.3 Å². The van der Waals surface area contributed by atoms with Crippen LogP contribution in [0.1, 0.15) is 29.1 Å². The van der Waals surface area contributed by atoms with Gasteiger partial charge in [-0.2, -0.15) is 0 Å². The molecule has 8 nitrogen and oxygen atoms in total. The van der Waals surface area contributed by atoms with E-state index in [1.165, 1.54) is 23.7 Å². The molecule has 0 saturated carbocycles. The topological polar surface area (TPSA) is 102 Å². The smallest absolute Gasteiger partial charge is 0.411 e. The van der Waals surface area contributed by atoms with E-state index < -0.39 is 12.0 Å². The summed E-state index contributed by atoms with van der Waals surface area (Å²) in [6.45, 7) is 3.94. The average molecular weight is 386 g/mol. The van der Waals surface area contributed by atoms with Gasteiger partial charge in [0, 0.05) is 16.1 Å². The molecule has 140 valence electrons. The average Bonchev–Trinajstić information content (AvgIpc) is 3.08. The number of hydrogen-bond acceptors (Lipinski definition) is 6. The number of ether oxygens (including phenoxy) is 1. The lowest BCUT2D eigenvalue weighted by Crippen LogP contribution is -2.33. The zero-order valence-electron chi connectivity index (χ0n) is 14.8. The lowest BCUT2D eigenvalue weighted by atomic mass is 10.2. The van der Waals surface area contributed by atoms with E-state index in [2.05, 4.69) is 15.7 Å². The van der Waals surface area contributed by atoms with Gasteiger partial charge >= 0.3 is 6.09 Å². The van der Waals surface area contributed by atoms with Crippen molar-refractivity contribution in [1.82, 2.24) is 9.66 Å². The third kappa shape index (κ3) is 4.14. The number of amides is 2. The van der Waals surface area contributed by atoms with Crippen molar-refractivity contribution in [1.29, 1.82) is 0 Å². The van der Waals surface area contributed by atoms with Gasteiger partial charge in [0.1, 0.15) is 11.2 Å². The van der Waals surface area contributed by atoms with Crippen LogP contribution in [0.25, 0.3) is 10.2 Å². The molecule has 0 saturated heterocycles. The van der Waals surface area contributed by atoms with Crippen molar-refractivity contribution in [3.63, 3.8) is 0 Å². The zero-order valence-corrected chi connectivity index (χ0v) is 15.6. The van der Waals surface area contributed by atoms with Crippen molar-refractivity contribution in [2.24, 2.45) is 0 Å². The van der Waals surface area contributed by atoms with Crippen LogP contribution in [0.2, 0.25) is 0 Å². The highest BCUT2D eigenvalue weighted by Gasteiger charge is 2.12. The number of aryl methyl sites for hydroxylation is 1. The molecule has 0 unspecified atom stereocenters. The lowest BCUT2D eigenvalue weighted by molar-refractivity contribution is 0.101. The molecule has 0 spiro atoms. The molecule has 2 heterocycles. The second-order valence-electron chi connectivity index (χ2n) is 5.57. The number of anilines is 1. The molecule has 9 heteroatoms. The second kappa shape index (κ2) is 8.00. The van der Waals surface area contributed by atoms with E-state index in [9.17, 15) is 14.4 Å². The fourth-order valence-electron chi connectivity index (χ4n) is 2.42. The molecule has 0 fully saturated rings. The number of carbonyl (C=O) groups excluding carboxylic acids is 2. The highest BCUT2D eigenvalue weighted by molar-refractivity contribution is 7.18. The van der Waals surface area contributed by atoms with Gasteiger partial charge in [-0.05, 0) is 37.6 Å². The van der Waals surface area contributed by atoms with Gasteiger partial charge in [-0.25, -0.2) is 14.5 Å². The van der Waals surface area contributed by atoms with Crippen molar-refractivity contribution >= 4 is 39.2 Å². The first kappa shape index (κ1) is 18.6. The molecule has 0 atom stereocenters. The Hall–Kier alpha value is -3.20. The van der Waals surface area contributed by atoms with Crippen LogP contribution >= 0.6 is 11.3 Å². The summed E-state index contributed by atoms with van der Waals surface area (Å²) in [6.07, 6.45) is 1.50. The van der Waals surface area contributed by atoms with Crippen molar-refractivity contribution in [2.45, 2.75) is 20.3 Å². The molecule has 0 bridgehead atoms. The normalized spacial score (nSPS) is 10.6. The Bertz CT molecular complexity index is 1060. The molecule has 0 aliphatic carbocycles. The van der Waals surface area contributed by atoms with E-state index in [0.29, 0.717) is 15.9 Å². The van der Waals surface area contributed by atoms with Crippen LogP contribution in [0.4, 0.5) is 10.5 Å². The van der Waals surface area contributed by atoms with E-state index in [1.54, 1.807) is 31.2 Å². The number of carbonyl (C=O) groups is 2. The van der Waals surface area contributed by atoms with Crippen LogP contribution in [-0.4, -0.2) is 28.3 Å². The van der Waals surface area contributed by atoms with Crippen LogP contribution in [0.3, 0.4) is 0 Å². The molecule has 0 aliphatic heterocycles. The number of nitrogens with one attached hydrogen (secondary N) is 2. The van der Waals surface area contributed by atoms with Gasteiger partial charge in [0.2, 0.25) is 0 Å². The Morgan fingerprint density at radius 1 is 1.26 bits per heavy atom. The maximum absolute atomic E-state index is 12.6. The molecular weight excluding hydrogens is 368 g/mol. The van der Waals surface area contributed by atoms with E-state index in [1.807, 2.05) is 6.92 Å². The van der Waals surface area contributed by atoms with Crippen molar-refractivity contribution in [3.05, 3.63) is 57.5 Å². The highest BCUT2D eigenvalue weighted by atomic mass is 32.1. The fraction of sp³-hybridized carbons (Fsp3) is 0.222. The Kier molecular flexibility index (Phi) is 5.51. The lowest BCUT2D eigenvalue weighted by Gasteiger charge is -2.09. The molecule has 0 aliphatic rings. The fourth-order valence-corrected chi connectivity index (χ4v) is 3.35. The maximum Gasteiger partial charge on any atom is 0.411 e. The summed E-state index contributed by atoms with van der Waals surface area (Å²) in [5.41, 5.74) is 2.86. The zero-order chi connectivity index (χ0) is 19.4. The maximum atomic E-state index is 12.6. The quantitative estimate of drug-likeness (QED) is 0.702. The number of rotatable bonds is 5. The van der Waals surface area contributed by atoms with Gasteiger partial charge in [0.25, 0.3) is 11.5 Å². The molecular formula is C18H18N4O4S. The Morgan fingerprint density at radius 2 is 2.07 bits per heavy atom. The van der Waals surface area contributed by atoms with Crippen molar-refractivity contribution < 1.29 is 14.3 Å². The molecule has 2 amide bonds. The minimum Gasteiger partial charge on any atom is -0.450 e. The van der Waals surface area contributed by atoms with E-state index >= 15 is 0 Å². The van der Waals surface area contributed by atoms with Crippen LogP contribution in [0.5, 0.6) is 0 Å². The van der Waals surface area contributed by atoms with Crippen LogP contribution in [-0.2, 0) is 11.2 Å². The number of benzene rings is 1. The number of aromatic nitrogens is 2. The van der Waals surface area contributed by atoms with E-state index in [-0.39, 0.29) is 17.7 Å². The van der Waals surface area contributed by atoms with Crippen LogP contribution in [0, 0.1) is 0 Å². The summed E-state index contributed by atoms with van der Waals surface area (Å²) in [7, 11) is 0. The summed E-state index contributed by atoms with van der Waals surface area (Å²) in [5.74, 6) is -0.503. The molecule has 2 aromatic heterocycles. The molecule has 3 rings (SSSR count). The van der Waals surface area contributed by atoms with E-state index in [4.69, 9.17) is 4.74 Å². The predicted octanol–water partition coefficient (Wildman–Crippen LogP) is 2.97. The number of fused-ring (bicyclic) bond motifs is 1. The van der Waals surface area contributed by atoms with Crippen molar-refractivity contribution in [3.8, 4) is 0 Å². The minimum absolute atomic E-state index is 0.243. The summed E-state index contributed by atoms with van der Waals surface area (Å²) >= 11 is 1.46. The molecule has 3 aromatic rings. The molecule has 0 radical (unpaired) electrons. The SMILES string of the molecule is CCOC(=O)Nc1cccc(C(=O)Nn2cnc3sc(CC)cc3c2=O)c1. The predicted molar refractivity (Wildman–Crippen MR) is 104 cm³/mol. The third-order valence-electron chi connectivity index (χ3n) is 3.72.